The van der Waals surface area contributed by atoms with Crippen molar-refractivity contribution < 1.29 is 26.1 Å². The van der Waals surface area contributed by atoms with Crippen molar-refractivity contribution in [3.63, 3.8) is 0 Å². The first-order valence-corrected chi connectivity index (χ1v) is 10.6. The summed E-state index contributed by atoms with van der Waals surface area (Å²) in [5.74, 6) is 0.0842. The Balaban J connectivity index is 1.90. The van der Waals surface area contributed by atoms with Gasteiger partial charge in [-0.05, 0) is 38.0 Å². The zero-order valence-corrected chi connectivity index (χ0v) is 17.0. The van der Waals surface area contributed by atoms with Crippen molar-refractivity contribution in [2.24, 2.45) is 0 Å². The van der Waals surface area contributed by atoms with Crippen LogP contribution in [0.3, 0.4) is 0 Å². The highest BCUT2D eigenvalue weighted by Crippen LogP contribution is 2.37. The summed E-state index contributed by atoms with van der Waals surface area (Å²) in [6.07, 6.45) is 0.648. The van der Waals surface area contributed by atoms with Gasteiger partial charge in [0.15, 0.2) is 5.76 Å². The molecule has 3 aromatic rings. The van der Waals surface area contributed by atoms with Gasteiger partial charge in [0.05, 0.1) is 33.6 Å². The van der Waals surface area contributed by atoms with E-state index in [-0.39, 0.29) is 10.3 Å². The summed E-state index contributed by atoms with van der Waals surface area (Å²) in [4.78, 5) is 25.1. The maximum atomic E-state index is 13.7. The van der Waals surface area contributed by atoms with Gasteiger partial charge in [-0.25, -0.2) is 26.9 Å². The van der Waals surface area contributed by atoms with Crippen LogP contribution in [0.1, 0.15) is 30.8 Å². The number of hydrogen-bond acceptors (Lipinski definition) is 6. The predicted octanol–water partition coefficient (Wildman–Crippen LogP) is 1.68. The van der Waals surface area contributed by atoms with Crippen LogP contribution in [0, 0.1) is 6.92 Å². The summed E-state index contributed by atoms with van der Waals surface area (Å²) < 4.78 is 73.5. The van der Waals surface area contributed by atoms with Gasteiger partial charge in [-0.3, -0.25) is 9.36 Å². The molecule has 13 heteroatoms. The number of benzene rings is 1. The van der Waals surface area contributed by atoms with Crippen LogP contribution in [-0.2, 0) is 16.6 Å². The smallest absolute Gasteiger partial charge is 0.336 e. The number of aryl methyl sites for hydroxylation is 1. The predicted molar refractivity (Wildman–Crippen MR) is 102 cm³/mol. The quantitative estimate of drug-likeness (QED) is 0.576. The van der Waals surface area contributed by atoms with Crippen LogP contribution in [-0.4, -0.2) is 34.9 Å². The fraction of sp³-hybridized carbons (Fsp3) is 0.389. The van der Waals surface area contributed by atoms with Crippen molar-refractivity contribution in [3.05, 3.63) is 56.6 Å². The Hall–Kier alpha value is -2.93. The van der Waals surface area contributed by atoms with Crippen LogP contribution < -0.4 is 16.0 Å². The average molecular weight is 458 g/mol. The third-order valence-electron chi connectivity index (χ3n) is 5.10. The van der Waals surface area contributed by atoms with E-state index in [9.17, 15) is 31.2 Å². The minimum atomic E-state index is -4.23. The lowest BCUT2D eigenvalue weighted by Gasteiger charge is -2.16. The molecule has 2 aromatic heterocycles. The molecule has 1 aromatic carbocycles. The van der Waals surface area contributed by atoms with Gasteiger partial charge in [0, 0.05) is 6.07 Å². The summed E-state index contributed by atoms with van der Waals surface area (Å²) in [7, 11) is -4.23. The Morgan fingerprint density at radius 3 is 2.52 bits per heavy atom. The fourth-order valence-corrected chi connectivity index (χ4v) is 4.73. The van der Waals surface area contributed by atoms with Gasteiger partial charge in [-0.15, -0.1) is 0 Å². The highest BCUT2D eigenvalue weighted by molar-refractivity contribution is 7.89. The van der Waals surface area contributed by atoms with Crippen LogP contribution >= 0.6 is 0 Å². The van der Waals surface area contributed by atoms with Crippen LogP contribution in [0.25, 0.3) is 10.9 Å². The third-order valence-corrected chi connectivity index (χ3v) is 6.67. The Labute approximate surface area is 173 Å². The first kappa shape index (κ1) is 21.3. The lowest BCUT2D eigenvalue weighted by atomic mass is 10.2. The highest BCUT2D eigenvalue weighted by atomic mass is 32.2. The molecule has 0 bridgehead atoms. The molecule has 1 aliphatic carbocycles. The first-order valence-electron chi connectivity index (χ1n) is 9.16. The number of fused-ring (bicyclic) bond motifs is 1. The van der Waals surface area contributed by atoms with Crippen molar-refractivity contribution in [2.75, 3.05) is 6.67 Å². The molecule has 0 spiro atoms. The molecule has 1 aliphatic rings. The second kappa shape index (κ2) is 7.34. The molecule has 0 atom stereocenters. The van der Waals surface area contributed by atoms with Gasteiger partial charge in [0.25, 0.3) is 5.56 Å². The van der Waals surface area contributed by atoms with E-state index in [1.165, 1.54) is 6.07 Å². The summed E-state index contributed by atoms with van der Waals surface area (Å²) in [5, 5.41) is 3.21. The zero-order chi connectivity index (χ0) is 22.6. The summed E-state index contributed by atoms with van der Waals surface area (Å²) in [6, 6.07) is 4.27. The zero-order valence-electron chi connectivity index (χ0n) is 16.1. The summed E-state index contributed by atoms with van der Waals surface area (Å²) >= 11 is 0. The van der Waals surface area contributed by atoms with E-state index in [4.69, 9.17) is 4.52 Å². The normalized spacial score (nSPS) is 15.6. The van der Waals surface area contributed by atoms with Crippen LogP contribution in [0.5, 0.6) is 0 Å². The molecular weight excluding hydrogens is 441 g/mol. The monoisotopic (exact) mass is 458 g/mol. The molecule has 0 aliphatic heterocycles. The van der Waals surface area contributed by atoms with Gasteiger partial charge in [0.2, 0.25) is 10.0 Å². The molecule has 4 rings (SSSR count). The van der Waals surface area contributed by atoms with Crippen molar-refractivity contribution in [1.82, 2.24) is 19.0 Å². The number of rotatable bonds is 7. The Kier molecular flexibility index (Phi) is 5.04. The second-order valence-corrected chi connectivity index (χ2v) is 9.14. The van der Waals surface area contributed by atoms with Gasteiger partial charge < -0.3 is 4.52 Å². The number of sulfonamides is 1. The van der Waals surface area contributed by atoms with E-state index in [1.54, 1.807) is 6.92 Å². The average Bonchev–Trinajstić information content (AvgIpc) is 3.35. The van der Waals surface area contributed by atoms with Gasteiger partial charge in [-0.2, -0.15) is 8.78 Å². The molecular formula is C18H17F3N4O5S. The Morgan fingerprint density at radius 1 is 1.26 bits per heavy atom. The molecule has 1 fully saturated rings. The van der Waals surface area contributed by atoms with Crippen molar-refractivity contribution in [1.29, 1.82) is 0 Å². The number of nitrogens with one attached hydrogen (secondary N) is 1. The van der Waals surface area contributed by atoms with Gasteiger partial charge in [0.1, 0.15) is 6.67 Å². The van der Waals surface area contributed by atoms with E-state index in [0.717, 1.165) is 18.2 Å². The number of aromatic nitrogens is 3. The van der Waals surface area contributed by atoms with Crippen LogP contribution in [0.2, 0.25) is 0 Å². The van der Waals surface area contributed by atoms with Crippen LogP contribution in [0.4, 0.5) is 13.2 Å². The molecule has 166 valence electrons. The SMILES string of the molecule is Cc1cc(Cn2c(=O)c3cc(S(=O)(=O)NC4(CF)CC4)ccc3n(C(F)F)c2=O)on1. The largest absolute Gasteiger partial charge is 0.359 e. The molecule has 0 unspecified atom stereocenters. The third kappa shape index (κ3) is 3.78. The highest BCUT2D eigenvalue weighted by Gasteiger charge is 2.46. The van der Waals surface area contributed by atoms with E-state index < -0.39 is 62.4 Å². The van der Waals surface area contributed by atoms with Crippen molar-refractivity contribution in [2.45, 2.75) is 43.3 Å². The molecule has 1 N–H and O–H groups in total. The van der Waals surface area contributed by atoms with E-state index >= 15 is 0 Å². The molecule has 0 amide bonds. The standard InChI is InChI=1S/C18H17F3N4O5S/c1-10-6-11(30-22-10)8-24-15(26)13-7-12(31(28,29)23-18(9-19)4-5-18)2-3-14(13)25(16(20)21)17(24)27/h2-3,6-7,16,23H,4-5,8-9H2,1H3. The topological polar surface area (TPSA) is 116 Å². The lowest BCUT2D eigenvalue weighted by Crippen LogP contribution is -2.41. The van der Waals surface area contributed by atoms with Crippen LogP contribution in [0.15, 0.2) is 43.3 Å². The van der Waals surface area contributed by atoms with Gasteiger partial charge in [-0.1, -0.05) is 5.16 Å². The Bertz CT molecular complexity index is 1390. The van der Waals surface area contributed by atoms with Crippen molar-refractivity contribution in [3.8, 4) is 0 Å². The van der Waals surface area contributed by atoms with E-state index in [1.807, 2.05) is 0 Å². The molecule has 1 saturated carbocycles. The lowest BCUT2D eigenvalue weighted by molar-refractivity contribution is 0.0682. The Morgan fingerprint density at radius 2 is 1.97 bits per heavy atom. The molecule has 2 heterocycles. The summed E-state index contributed by atoms with van der Waals surface area (Å²) in [5.41, 5.74) is -3.42. The minimum Gasteiger partial charge on any atom is -0.359 e. The maximum Gasteiger partial charge on any atom is 0.336 e. The second-order valence-electron chi connectivity index (χ2n) is 7.45. The molecule has 0 saturated heterocycles. The maximum absolute atomic E-state index is 13.7. The number of alkyl halides is 3. The molecule has 31 heavy (non-hydrogen) atoms. The minimum absolute atomic E-state index is 0.0842. The van der Waals surface area contributed by atoms with Crippen molar-refractivity contribution >= 4 is 20.9 Å². The first-order chi connectivity index (χ1) is 14.6. The van der Waals surface area contributed by atoms with E-state index in [0.29, 0.717) is 23.1 Å². The fourth-order valence-electron chi connectivity index (χ4n) is 3.26. The molecule has 9 nitrogen and oxygen atoms in total. The van der Waals surface area contributed by atoms with E-state index in [2.05, 4.69) is 9.88 Å². The number of nitrogens with zero attached hydrogens (tertiary/aromatic N) is 3. The van der Waals surface area contributed by atoms with Gasteiger partial charge >= 0.3 is 12.2 Å². The summed E-state index contributed by atoms with van der Waals surface area (Å²) in [6.45, 7) is -3.06. The molecule has 0 radical (unpaired) electrons. The number of halogens is 3. The number of hydrogen-bond donors (Lipinski definition) is 1.